The average Bonchev–Trinajstić information content (AvgIpc) is 2.52. The Morgan fingerprint density at radius 3 is 3.00 bits per heavy atom. The Bertz CT molecular complexity index is 664. The van der Waals surface area contributed by atoms with Crippen LogP contribution in [-0.2, 0) is 0 Å². The van der Waals surface area contributed by atoms with Crippen molar-refractivity contribution in [3.8, 4) is 0 Å². The normalized spacial score (nSPS) is 18.3. The van der Waals surface area contributed by atoms with Gasteiger partial charge in [0, 0.05) is 13.1 Å². The SMILES string of the molecule is CC1CCCN(c2cnnc(Nc3cccc(Cl)c3Cl)n2)C1. The van der Waals surface area contributed by atoms with Crippen molar-refractivity contribution >= 4 is 40.7 Å². The van der Waals surface area contributed by atoms with Crippen molar-refractivity contribution in [3.63, 3.8) is 0 Å². The van der Waals surface area contributed by atoms with E-state index in [0.29, 0.717) is 27.6 Å². The van der Waals surface area contributed by atoms with Crippen LogP contribution in [0.15, 0.2) is 24.4 Å². The van der Waals surface area contributed by atoms with Gasteiger partial charge < -0.3 is 10.2 Å². The third-order valence-corrected chi connectivity index (χ3v) is 4.54. The van der Waals surface area contributed by atoms with Gasteiger partial charge in [-0.2, -0.15) is 10.1 Å². The van der Waals surface area contributed by atoms with Crippen molar-refractivity contribution < 1.29 is 0 Å². The van der Waals surface area contributed by atoms with Gasteiger partial charge in [0.2, 0.25) is 5.95 Å². The van der Waals surface area contributed by atoms with E-state index in [-0.39, 0.29) is 0 Å². The fraction of sp³-hybridized carbons (Fsp3) is 0.400. The third kappa shape index (κ3) is 3.42. The smallest absolute Gasteiger partial charge is 0.249 e. The van der Waals surface area contributed by atoms with E-state index in [1.165, 1.54) is 12.8 Å². The molecule has 1 aliphatic rings. The number of piperidine rings is 1. The predicted octanol–water partition coefficient (Wildman–Crippen LogP) is 4.16. The largest absolute Gasteiger partial charge is 0.355 e. The number of halogens is 2. The van der Waals surface area contributed by atoms with E-state index in [4.69, 9.17) is 23.2 Å². The summed E-state index contributed by atoms with van der Waals surface area (Å²) in [5.74, 6) is 1.92. The van der Waals surface area contributed by atoms with E-state index < -0.39 is 0 Å². The molecule has 0 aliphatic carbocycles. The molecule has 1 N–H and O–H groups in total. The molecule has 1 aliphatic heterocycles. The molecule has 1 fully saturated rings. The number of rotatable bonds is 3. The molecule has 2 heterocycles. The summed E-state index contributed by atoms with van der Waals surface area (Å²) in [5, 5.41) is 12.1. The number of benzene rings is 1. The van der Waals surface area contributed by atoms with Crippen molar-refractivity contribution in [3.05, 3.63) is 34.4 Å². The zero-order valence-electron chi connectivity index (χ0n) is 12.3. The molecular weight excluding hydrogens is 321 g/mol. The summed E-state index contributed by atoms with van der Waals surface area (Å²) in [5.41, 5.74) is 0.667. The number of nitrogens with zero attached hydrogens (tertiary/aromatic N) is 4. The summed E-state index contributed by atoms with van der Waals surface area (Å²) in [6.07, 6.45) is 4.13. The second kappa shape index (κ2) is 6.67. The molecular formula is C15H17Cl2N5. The van der Waals surface area contributed by atoms with Crippen LogP contribution in [0.3, 0.4) is 0 Å². The summed E-state index contributed by atoms with van der Waals surface area (Å²) in [6, 6.07) is 5.38. The van der Waals surface area contributed by atoms with Gasteiger partial charge in [0.1, 0.15) is 0 Å². The van der Waals surface area contributed by atoms with Crippen LogP contribution in [0, 0.1) is 5.92 Å². The molecule has 0 saturated carbocycles. The quantitative estimate of drug-likeness (QED) is 0.911. The maximum Gasteiger partial charge on any atom is 0.249 e. The fourth-order valence-electron chi connectivity index (χ4n) is 2.62. The summed E-state index contributed by atoms with van der Waals surface area (Å²) in [4.78, 5) is 6.78. The van der Waals surface area contributed by atoms with Crippen molar-refractivity contribution in [2.24, 2.45) is 5.92 Å². The van der Waals surface area contributed by atoms with Crippen LogP contribution in [0.2, 0.25) is 10.0 Å². The summed E-state index contributed by atoms with van der Waals surface area (Å²) in [7, 11) is 0. The van der Waals surface area contributed by atoms with Gasteiger partial charge >= 0.3 is 0 Å². The lowest BCUT2D eigenvalue weighted by Gasteiger charge is -2.31. The highest BCUT2D eigenvalue weighted by Crippen LogP contribution is 2.31. The van der Waals surface area contributed by atoms with Crippen LogP contribution in [0.1, 0.15) is 19.8 Å². The van der Waals surface area contributed by atoms with Gasteiger partial charge in [0.25, 0.3) is 0 Å². The van der Waals surface area contributed by atoms with Crippen LogP contribution in [0.5, 0.6) is 0 Å². The van der Waals surface area contributed by atoms with Crippen molar-refractivity contribution in [1.82, 2.24) is 15.2 Å². The maximum absolute atomic E-state index is 6.17. The van der Waals surface area contributed by atoms with Gasteiger partial charge in [-0.1, -0.05) is 36.2 Å². The minimum Gasteiger partial charge on any atom is -0.355 e. The molecule has 1 aromatic heterocycles. The number of anilines is 3. The number of nitrogens with one attached hydrogen (secondary N) is 1. The number of hydrogen-bond acceptors (Lipinski definition) is 5. The van der Waals surface area contributed by atoms with E-state index in [9.17, 15) is 0 Å². The van der Waals surface area contributed by atoms with Crippen LogP contribution in [0.25, 0.3) is 0 Å². The van der Waals surface area contributed by atoms with Gasteiger partial charge in [0.05, 0.1) is 21.9 Å². The monoisotopic (exact) mass is 337 g/mol. The first kappa shape index (κ1) is 15.3. The Kier molecular flexibility index (Phi) is 4.64. The molecule has 1 unspecified atom stereocenters. The second-order valence-electron chi connectivity index (χ2n) is 5.56. The summed E-state index contributed by atoms with van der Waals surface area (Å²) < 4.78 is 0. The lowest BCUT2D eigenvalue weighted by Crippen LogP contribution is -2.35. The minimum absolute atomic E-state index is 0.417. The van der Waals surface area contributed by atoms with E-state index in [1.807, 2.05) is 12.1 Å². The first-order chi connectivity index (χ1) is 10.6. The highest BCUT2D eigenvalue weighted by atomic mass is 35.5. The lowest BCUT2D eigenvalue weighted by atomic mass is 10.0. The molecule has 0 amide bonds. The van der Waals surface area contributed by atoms with E-state index in [0.717, 1.165) is 18.9 Å². The molecule has 5 nitrogen and oxygen atoms in total. The van der Waals surface area contributed by atoms with Crippen molar-refractivity contribution in [2.75, 3.05) is 23.3 Å². The van der Waals surface area contributed by atoms with Crippen molar-refractivity contribution in [2.45, 2.75) is 19.8 Å². The molecule has 0 bridgehead atoms. The topological polar surface area (TPSA) is 53.9 Å². The maximum atomic E-state index is 6.17. The fourth-order valence-corrected chi connectivity index (χ4v) is 2.97. The Morgan fingerprint density at radius 2 is 2.18 bits per heavy atom. The molecule has 7 heteroatoms. The molecule has 3 rings (SSSR count). The number of hydrogen-bond donors (Lipinski definition) is 1. The zero-order chi connectivity index (χ0) is 15.5. The third-order valence-electron chi connectivity index (χ3n) is 3.73. The molecule has 1 saturated heterocycles. The molecule has 0 spiro atoms. The highest BCUT2D eigenvalue weighted by molar-refractivity contribution is 6.43. The Labute approximate surface area is 139 Å². The lowest BCUT2D eigenvalue weighted by molar-refractivity contribution is 0.444. The Morgan fingerprint density at radius 1 is 1.32 bits per heavy atom. The van der Waals surface area contributed by atoms with E-state index in [2.05, 4.69) is 32.3 Å². The number of aromatic nitrogens is 3. The first-order valence-electron chi connectivity index (χ1n) is 7.29. The summed E-state index contributed by atoms with van der Waals surface area (Å²) >= 11 is 12.2. The zero-order valence-corrected chi connectivity index (χ0v) is 13.8. The predicted molar refractivity (Wildman–Crippen MR) is 90.2 cm³/mol. The molecule has 116 valence electrons. The molecule has 1 aromatic carbocycles. The highest BCUT2D eigenvalue weighted by Gasteiger charge is 2.18. The van der Waals surface area contributed by atoms with Gasteiger partial charge in [0.15, 0.2) is 5.82 Å². The van der Waals surface area contributed by atoms with Crippen LogP contribution in [-0.4, -0.2) is 28.3 Å². The Hall–Kier alpha value is -1.59. The standard InChI is InChI=1S/C15H17Cl2N5/c1-10-4-3-7-22(9-10)13-8-18-21-15(20-13)19-12-6-2-5-11(16)14(12)17/h2,5-6,8,10H,3-4,7,9H2,1H3,(H,19,20,21). The van der Waals surface area contributed by atoms with Gasteiger partial charge in [-0.05, 0) is 30.9 Å². The van der Waals surface area contributed by atoms with Gasteiger partial charge in [-0.3, -0.25) is 0 Å². The molecule has 1 atom stereocenters. The van der Waals surface area contributed by atoms with Crippen LogP contribution in [0.4, 0.5) is 17.5 Å². The van der Waals surface area contributed by atoms with E-state index in [1.54, 1.807) is 12.3 Å². The minimum atomic E-state index is 0.417. The van der Waals surface area contributed by atoms with Crippen LogP contribution < -0.4 is 10.2 Å². The Balaban J connectivity index is 1.80. The second-order valence-corrected chi connectivity index (χ2v) is 6.34. The summed E-state index contributed by atoms with van der Waals surface area (Å²) in [6.45, 7) is 4.25. The van der Waals surface area contributed by atoms with Crippen LogP contribution >= 0.6 is 23.2 Å². The molecule has 22 heavy (non-hydrogen) atoms. The van der Waals surface area contributed by atoms with E-state index >= 15 is 0 Å². The molecule has 2 aromatic rings. The average molecular weight is 338 g/mol. The van der Waals surface area contributed by atoms with Gasteiger partial charge in [-0.25, -0.2) is 0 Å². The molecule has 0 radical (unpaired) electrons. The van der Waals surface area contributed by atoms with Gasteiger partial charge in [-0.15, -0.1) is 5.10 Å². The first-order valence-corrected chi connectivity index (χ1v) is 8.05. The van der Waals surface area contributed by atoms with Crippen molar-refractivity contribution in [1.29, 1.82) is 0 Å².